The van der Waals surface area contributed by atoms with Gasteiger partial charge in [-0.25, -0.2) is 0 Å². The third kappa shape index (κ3) is 4.21. The highest BCUT2D eigenvalue weighted by atomic mass is 32.1. The minimum absolute atomic E-state index is 0.0601. The van der Waals surface area contributed by atoms with E-state index in [1.807, 2.05) is 52.0 Å². The highest BCUT2D eigenvalue weighted by Crippen LogP contribution is 2.28. The summed E-state index contributed by atoms with van der Waals surface area (Å²) >= 11 is 5.37. The van der Waals surface area contributed by atoms with Crippen LogP contribution in [0.5, 0.6) is 0 Å². The van der Waals surface area contributed by atoms with E-state index in [-0.39, 0.29) is 10.7 Å². The Hall–Kier alpha value is -3.51. The van der Waals surface area contributed by atoms with Gasteiger partial charge in [0.1, 0.15) is 5.57 Å². The van der Waals surface area contributed by atoms with Gasteiger partial charge in [0, 0.05) is 17.1 Å². The van der Waals surface area contributed by atoms with Crippen LogP contribution >= 0.6 is 12.2 Å². The number of thiocarbonyl (C=S) groups is 1. The molecular formula is C28H29N3O2S. The number of carbonyl (C=O) groups excluding carboxylic acids is 2. The molecule has 1 saturated heterocycles. The zero-order chi connectivity index (χ0) is 24.7. The van der Waals surface area contributed by atoms with Crippen molar-refractivity contribution in [1.82, 2.24) is 9.88 Å². The average molecular weight is 472 g/mol. The van der Waals surface area contributed by atoms with Crippen molar-refractivity contribution < 1.29 is 9.59 Å². The standard InChI is InChI=1S/C28H29N3O2S/c1-16(2)21-9-11-23(12-10-21)30-19(5)14-22(20(30)6)15-24-26(32)29-28(34)31(27(24)33)25-13-17(3)7-8-18(25)4/h7-16H,1-6H3,(H,29,32,34)/b24-15+. The lowest BCUT2D eigenvalue weighted by molar-refractivity contribution is -0.122. The maximum absolute atomic E-state index is 13.5. The largest absolute Gasteiger partial charge is 0.318 e. The highest BCUT2D eigenvalue weighted by molar-refractivity contribution is 7.80. The molecular weight excluding hydrogens is 442 g/mol. The second-order valence-corrected chi connectivity index (χ2v) is 9.54. The monoisotopic (exact) mass is 471 g/mol. The van der Waals surface area contributed by atoms with Crippen LogP contribution in [0.4, 0.5) is 5.69 Å². The van der Waals surface area contributed by atoms with Crippen molar-refractivity contribution in [1.29, 1.82) is 0 Å². The Labute approximate surface area is 206 Å². The molecule has 1 aliphatic rings. The summed E-state index contributed by atoms with van der Waals surface area (Å²) in [6, 6.07) is 16.3. The number of aryl methyl sites for hydroxylation is 3. The van der Waals surface area contributed by atoms with Crippen LogP contribution in [0.25, 0.3) is 11.8 Å². The quantitative estimate of drug-likeness (QED) is 0.303. The lowest BCUT2D eigenvalue weighted by atomic mass is 10.0. The maximum atomic E-state index is 13.5. The minimum atomic E-state index is -0.484. The van der Waals surface area contributed by atoms with E-state index in [0.29, 0.717) is 11.6 Å². The number of anilines is 1. The smallest absolute Gasteiger partial charge is 0.270 e. The van der Waals surface area contributed by atoms with Crippen molar-refractivity contribution in [2.75, 3.05) is 4.90 Å². The number of benzene rings is 2. The van der Waals surface area contributed by atoms with Crippen LogP contribution in [-0.4, -0.2) is 21.5 Å². The summed E-state index contributed by atoms with van der Waals surface area (Å²) in [5.41, 5.74) is 7.76. The first-order valence-corrected chi connectivity index (χ1v) is 11.8. The van der Waals surface area contributed by atoms with Gasteiger partial charge in [0.2, 0.25) is 0 Å². The molecule has 3 aromatic rings. The lowest BCUT2D eigenvalue weighted by Crippen LogP contribution is -2.54. The van der Waals surface area contributed by atoms with Crippen LogP contribution in [-0.2, 0) is 9.59 Å². The van der Waals surface area contributed by atoms with Gasteiger partial charge in [-0.1, -0.05) is 38.1 Å². The van der Waals surface area contributed by atoms with Crippen molar-refractivity contribution in [3.8, 4) is 5.69 Å². The third-order valence-corrected chi connectivity index (χ3v) is 6.58. The summed E-state index contributed by atoms with van der Waals surface area (Å²) in [4.78, 5) is 27.7. The summed E-state index contributed by atoms with van der Waals surface area (Å²) in [5, 5.41) is 2.78. The molecule has 0 aliphatic carbocycles. The van der Waals surface area contributed by atoms with Crippen molar-refractivity contribution in [2.24, 2.45) is 0 Å². The Morgan fingerprint density at radius 1 is 0.941 bits per heavy atom. The molecule has 1 aliphatic heterocycles. The molecule has 2 heterocycles. The van der Waals surface area contributed by atoms with Crippen molar-refractivity contribution in [3.63, 3.8) is 0 Å². The molecule has 1 aromatic heterocycles. The third-order valence-electron chi connectivity index (χ3n) is 6.30. The van der Waals surface area contributed by atoms with E-state index >= 15 is 0 Å². The first-order valence-electron chi connectivity index (χ1n) is 11.4. The predicted molar refractivity (Wildman–Crippen MR) is 141 cm³/mol. The van der Waals surface area contributed by atoms with Gasteiger partial charge in [0.15, 0.2) is 5.11 Å². The average Bonchev–Trinajstić information content (AvgIpc) is 3.06. The van der Waals surface area contributed by atoms with E-state index in [0.717, 1.165) is 33.8 Å². The lowest BCUT2D eigenvalue weighted by Gasteiger charge is -2.30. The number of aromatic nitrogens is 1. The van der Waals surface area contributed by atoms with Gasteiger partial charge in [-0.2, -0.15) is 0 Å². The van der Waals surface area contributed by atoms with Gasteiger partial charge >= 0.3 is 0 Å². The predicted octanol–water partition coefficient (Wildman–Crippen LogP) is 5.67. The van der Waals surface area contributed by atoms with Crippen LogP contribution in [0, 0.1) is 27.7 Å². The molecule has 1 fully saturated rings. The second kappa shape index (κ2) is 9.03. The van der Waals surface area contributed by atoms with Crippen molar-refractivity contribution >= 4 is 40.9 Å². The van der Waals surface area contributed by atoms with Crippen LogP contribution in [0.3, 0.4) is 0 Å². The Morgan fingerprint density at radius 3 is 2.26 bits per heavy atom. The van der Waals surface area contributed by atoms with Crippen LogP contribution in [0.2, 0.25) is 0 Å². The van der Waals surface area contributed by atoms with Gasteiger partial charge < -0.3 is 4.57 Å². The zero-order valence-corrected chi connectivity index (χ0v) is 21.2. The van der Waals surface area contributed by atoms with Crippen LogP contribution < -0.4 is 10.2 Å². The highest BCUT2D eigenvalue weighted by Gasteiger charge is 2.35. The maximum Gasteiger partial charge on any atom is 0.270 e. The second-order valence-electron chi connectivity index (χ2n) is 9.16. The summed E-state index contributed by atoms with van der Waals surface area (Å²) in [5.74, 6) is -0.445. The number of carbonyl (C=O) groups is 2. The first kappa shape index (κ1) is 23.6. The van der Waals surface area contributed by atoms with E-state index in [2.05, 4.69) is 48.0 Å². The summed E-state index contributed by atoms with van der Waals surface area (Å²) < 4.78 is 2.13. The summed E-state index contributed by atoms with van der Waals surface area (Å²) in [7, 11) is 0. The molecule has 6 heteroatoms. The summed E-state index contributed by atoms with van der Waals surface area (Å²) in [6.07, 6.45) is 1.67. The topological polar surface area (TPSA) is 54.3 Å². The van der Waals surface area contributed by atoms with E-state index in [1.165, 1.54) is 10.5 Å². The zero-order valence-electron chi connectivity index (χ0n) is 20.4. The number of hydrogen-bond acceptors (Lipinski definition) is 3. The molecule has 4 rings (SSSR count). The Morgan fingerprint density at radius 2 is 1.62 bits per heavy atom. The molecule has 0 bridgehead atoms. The minimum Gasteiger partial charge on any atom is -0.318 e. The molecule has 34 heavy (non-hydrogen) atoms. The Bertz CT molecular complexity index is 1350. The number of nitrogens with one attached hydrogen (secondary N) is 1. The van der Waals surface area contributed by atoms with Crippen molar-refractivity contribution in [3.05, 3.63) is 87.7 Å². The first-order chi connectivity index (χ1) is 16.1. The van der Waals surface area contributed by atoms with Gasteiger partial charge in [-0.05, 0) is 98.4 Å². The molecule has 0 unspecified atom stereocenters. The molecule has 2 aromatic carbocycles. The fourth-order valence-corrected chi connectivity index (χ4v) is 4.61. The SMILES string of the molecule is Cc1ccc(C)c(N2C(=O)/C(=C/c3cc(C)n(-c4ccc(C(C)C)cc4)c3C)C(=O)NC2=S)c1. The number of amides is 2. The van der Waals surface area contributed by atoms with E-state index in [1.54, 1.807) is 6.08 Å². The molecule has 174 valence electrons. The van der Waals surface area contributed by atoms with Gasteiger partial charge in [-0.15, -0.1) is 0 Å². The molecule has 0 spiro atoms. The van der Waals surface area contributed by atoms with Gasteiger partial charge in [-0.3, -0.25) is 19.8 Å². The fourth-order valence-electron chi connectivity index (χ4n) is 4.33. The molecule has 0 atom stereocenters. The van der Waals surface area contributed by atoms with E-state index < -0.39 is 11.8 Å². The Kier molecular flexibility index (Phi) is 6.28. The number of hydrogen-bond donors (Lipinski definition) is 1. The molecule has 0 radical (unpaired) electrons. The van der Waals surface area contributed by atoms with E-state index in [4.69, 9.17) is 12.2 Å². The molecule has 1 N–H and O–H groups in total. The number of rotatable bonds is 4. The van der Waals surface area contributed by atoms with Gasteiger partial charge in [0.05, 0.1) is 5.69 Å². The van der Waals surface area contributed by atoms with Gasteiger partial charge in [0.25, 0.3) is 11.8 Å². The van der Waals surface area contributed by atoms with Crippen LogP contribution in [0.15, 0.2) is 54.1 Å². The van der Waals surface area contributed by atoms with E-state index in [9.17, 15) is 9.59 Å². The van der Waals surface area contributed by atoms with Crippen molar-refractivity contribution in [2.45, 2.75) is 47.5 Å². The summed E-state index contributed by atoms with van der Waals surface area (Å²) in [6.45, 7) is 12.2. The molecule has 0 saturated carbocycles. The van der Waals surface area contributed by atoms with Crippen LogP contribution in [0.1, 0.15) is 53.4 Å². The fraction of sp³-hybridized carbons (Fsp3) is 0.250. The molecule has 2 amide bonds. The molecule has 5 nitrogen and oxygen atoms in total. The normalized spacial score (nSPS) is 15.4. The Balaban J connectivity index is 1.75. The number of nitrogens with zero attached hydrogens (tertiary/aromatic N) is 2.